The first-order valence-electron chi connectivity index (χ1n) is 9.23. The smallest absolute Gasteiger partial charge is 0.270 e. The van der Waals surface area contributed by atoms with Crippen LogP contribution < -0.4 is 5.32 Å². The Morgan fingerprint density at radius 3 is 2.52 bits per heavy atom. The number of nitrogens with zero attached hydrogens (tertiary/aromatic N) is 2. The molecule has 132 valence electrons. The molecule has 1 saturated heterocycles. The summed E-state index contributed by atoms with van der Waals surface area (Å²) in [6, 6.07) is 14.0. The Hall–Kier alpha value is -2.20. The molecular formula is C21H27N3O. The van der Waals surface area contributed by atoms with Gasteiger partial charge in [-0.25, -0.2) is 4.98 Å². The minimum atomic E-state index is -0.123. The van der Waals surface area contributed by atoms with Crippen LogP contribution in [-0.2, 0) is 13.1 Å². The first kappa shape index (κ1) is 17.6. The van der Waals surface area contributed by atoms with Gasteiger partial charge < -0.3 is 5.32 Å². The molecule has 1 aliphatic rings. The summed E-state index contributed by atoms with van der Waals surface area (Å²) < 4.78 is 0. The van der Waals surface area contributed by atoms with Crippen molar-refractivity contribution in [3.63, 3.8) is 0 Å². The minimum Gasteiger partial charge on any atom is -0.347 e. The lowest BCUT2D eigenvalue weighted by Gasteiger charge is -2.20. The molecule has 1 N–H and O–H groups in total. The Kier molecular flexibility index (Phi) is 6.18. The average Bonchev–Trinajstić information content (AvgIpc) is 2.89. The van der Waals surface area contributed by atoms with Crippen LogP contribution in [0.5, 0.6) is 0 Å². The van der Waals surface area contributed by atoms with E-state index in [-0.39, 0.29) is 5.91 Å². The number of nitrogens with one attached hydrogen (secondary N) is 1. The summed E-state index contributed by atoms with van der Waals surface area (Å²) in [5.74, 6) is -0.123. The van der Waals surface area contributed by atoms with Crippen LogP contribution in [0.25, 0.3) is 0 Å². The van der Waals surface area contributed by atoms with Crippen LogP contribution in [-0.4, -0.2) is 28.9 Å². The number of aryl methyl sites for hydroxylation is 1. The molecule has 0 atom stereocenters. The van der Waals surface area contributed by atoms with Crippen molar-refractivity contribution in [1.29, 1.82) is 0 Å². The largest absolute Gasteiger partial charge is 0.347 e. The standard InChI is InChI=1S/C21H27N3O/c1-17-8-6-11-20(23-17)21(25)22-15-18-9-7-10-19(14-18)16-24-12-4-2-3-5-13-24/h6-11,14H,2-5,12-13,15-16H2,1H3,(H,22,25). The number of carbonyl (C=O) groups is 1. The van der Waals surface area contributed by atoms with E-state index in [1.165, 1.54) is 44.3 Å². The van der Waals surface area contributed by atoms with Gasteiger partial charge in [0.05, 0.1) is 0 Å². The van der Waals surface area contributed by atoms with E-state index in [9.17, 15) is 4.79 Å². The van der Waals surface area contributed by atoms with Gasteiger partial charge >= 0.3 is 0 Å². The zero-order valence-electron chi connectivity index (χ0n) is 15.0. The lowest BCUT2D eigenvalue weighted by molar-refractivity contribution is 0.0945. The van der Waals surface area contributed by atoms with Crippen LogP contribution in [0.15, 0.2) is 42.5 Å². The number of hydrogen-bond acceptors (Lipinski definition) is 3. The Labute approximate surface area is 150 Å². The topological polar surface area (TPSA) is 45.2 Å². The minimum absolute atomic E-state index is 0.123. The van der Waals surface area contributed by atoms with Gasteiger partial charge in [0.25, 0.3) is 5.91 Å². The zero-order valence-corrected chi connectivity index (χ0v) is 15.0. The van der Waals surface area contributed by atoms with Gasteiger partial charge in [-0.05, 0) is 56.1 Å². The molecule has 0 radical (unpaired) electrons. The molecule has 1 aromatic carbocycles. The number of pyridine rings is 1. The number of benzene rings is 1. The molecule has 0 unspecified atom stereocenters. The maximum atomic E-state index is 12.2. The predicted octanol–water partition coefficient (Wildman–Crippen LogP) is 3.70. The number of rotatable bonds is 5. The summed E-state index contributed by atoms with van der Waals surface area (Å²) >= 11 is 0. The highest BCUT2D eigenvalue weighted by atomic mass is 16.1. The molecule has 0 spiro atoms. The van der Waals surface area contributed by atoms with Crippen LogP contribution in [0, 0.1) is 6.92 Å². The third-order valence-electron chi connectivity index (χ3n) is 4.67. The van der Waals surface area contributed by atoms with E-state index in [4.69, 9.17) is 0 Å². The van der Waals surface area contributed by atoms with Crippen molar-refractivity contribution in [2.75, 3.05) is 13.1 Å². The van der Waals surface area contributed by atoms with Gasteiger partial charge in [0.1, 0.15) is 5.69 Å². The maximum absolute atomic E-state index is 12.2. The number of amides is 1. The van der Waals surface area contributed by atoms with Crippen molar-refractivity contribution in [3.8, 4) is 0 Å². The van der Waals surface area contributed by atoms with E-state index in [1.807, 2.05) is 19.1 Å². The van der Waals surface area contributed by atoms with Gasteiger partial charge in [-0.15, -0.1) is 0 Å². The van der Waals surface area contributed by atoms with Crippen LogP contribution in [0.2, 0.25) is 0 Å². The van der Waals surface area contributed by atoms with E-state index in [0.717, 1.165) is 17.8 Å². The van der Waals surface area contributed by atoms with E-state index in [2.05, 4.69) is 39.5 Å². The van der Waals surface area contributed by atoms with Crippen molar-refractivity contribution < 1.29 is 4.79 Å². The molecule has 1 fully saturated rings. The Bertz CT molecular complexity index is 706. The molecule has 2 aromatic rings. The molecule has 0 bridgehead atoms. The van der Waals surface area contributed by atoms with Crippen LogP contribution >= 0.6 is 0 Å². The van der Waals surface area contributed by atoms with Gasteiger partial charge in [-0.1, -0.05) is 43.2 Å². The highest BCUT2D eigenvalue weighted by Crippen LogP contribution is 2.14. The second-order valence-electron chi connectivity index (χ2n) is 6.86. The van der Waals surface area contributed by atoms with Crippen LogP contribution in [0.1, 0.15) is 53.0 Å². The SMILES string of the molecule is Cc1cccc(C(=O)NCc2cccc(CN3CCCCCC3)c2)n1. The number of carbonyl (C=O) groups excluding carboxylic acids is 1. The van der Waals surface area contributed by atoms with Gasteiger partial charge in [0, 0.05) is 18.8 Å². The van der Waals surface area contributed by atoms with Crippen molar-refractivity contribution in [1.82, 2.24) is 15.2 Å². The summed E-state index contributed by atoms with van der Waals surface area (Å²) in [5.41, 5.74) is 3.78. The summed E-state index contributed by atoms with van der Waals surface area (Å²) in [6.45, 7) is 5.81. The Morgan fingerprint density at radius 2 is 1.76 bits per heavy atom. The maximum Gasteiger partial charge on any atom is 0.270 e. The van der Waals surface area contributed by atoms with E-state index in [1.54, 1.807) is 6.07 Å². The first-order valence-corrected chi connectivity index (χ1v) is 9.23. The summed E-state index contributed by atoms with van der Waals surface area (Å²) in [7, 11) is 0. The molecule has 1 aliphatic heterocycles. The fourth-order valence-corrected chi connectivity index (χ4v) is 3.33. The monoisotopic (exact) mass is 337 g/mol. The molecule has 3 rings (SSSR count). The summed E-state index contributed by atoms with van der Waals surface area (Å²) in [6.07, 6.45) is 5.32. The molecule has 1 amide bonds. The third-order valence-corrected chi connectivity index (χ3v) is 4.67. The molecule has 0 saturated carbocycles. The third kappa shape index (κ3) is 5.40. The molecular weight excluding hydrogens is 310 g/mol. The van der Waals surface area contributed by atoms with Crippen molar-refractivity contribution in [3.05, 3.63) is 65.0 Å². The second-order valence-corrected chi connectivity index (χ2v) is 6.86. The summed E-state index contributed by atoms with van der Waals surface area (Å²) in [5, 5.41) is 2.97. The van der Waals surface area contributed by atoms with E-state index >= 15 is 0 Å². The lowest BCUT2D eigenvalue weighted by atomic mass is 10.1. The lowest BCUT2D eigenvalue weighted by Crippen LogP contribution is -2.25. The number of likely N-dealkylation sites (tertiary alicyclic amines) is 1. The molecule has 4 heteroatoms. The highest BCUT2D eigenvalue weighted by molar-refractivity contribution is 5.92. The van der Waals surface area contributed by atoms with Gasteiger partial charge in [-0.3, -0.25) is 9.69 Å². The van der Waals surface area contributed by atoms with Crippen molar-refractivity contribution in [2.24, 2.45) is 0 Å². The fraction of sp³-hybridized carbons (Fsp3) is 0.429. The molecule has 2 heterocycles. The van der Waals surface area contributed by atoms with E-state index < -0.39 is 0 Å². The van der Waals surface area contributed by atoms with Crippen LogP contribution in [0.3, 0.4) is 0 Å². The Balaban J connectivity index is 1.57. The molecule has 0 aliphatic carbocycles. The Morgan fingerprint density at radius 1 is 1.04 bits per heavy atom. The fourth-order valence-electron chi connectivity index (χ4n) is 3.33. The quantitative estimate of drug-likeness (QED) is 0.905. The van der Waals surface area contributed by atoms with Gasteiger partial charge in [-0.2, -0.15) is 0 Å². The molecule has 1 aromatic heterocycles. The second kappa shape index (κ2) is 8.77. The summed E-state index contributed by atoms with van der Waals surface area (Å²) in [4.78, 5) is 19.0. The molecule has 25 heavy (non-hydrogen) atoms. The first-order chi connectivity index (χ1) is 12.2. The molecule has 4 nitrogen and oxygen atoms in total. The van der Waals surface area contributed by atoms with Crippen molar-refractivity contribution >= 4 is 5.91 Å². The number of hydrogen-bond donors (Lipinski definition) is 1. The van der Waals surface area contributed by atoms with Gasteiger partial charge in [0.15, 0.2) is 0 Å². The van der Waals surface area contributed by atoms with Gasteiger partial charge in [0.2, 0.25) is 0 Å². The highest BCUT2D eigenvalue weighted by Gasteiger charge is 2.10. The van der Waals surface area contributed by atoms with Crippen LogP contribution in [0.4, 0.5) is 0 Å². The normalized spacial score (nSPS) is 15.6. The average molecular weight is 337 g/mol. The zero-order chi connectivity index (χ0) is 17.5. The number of aromatic nitrogens is 1. The van der Waals surface area contributed by atoms with E-state index in [0.29, 0.717) is 12.2 Å². The predicted molar refractivity (Wildman–Crippen MR) is 100 cm³/mol. The van der Waals surface area contributed by atoms with Crippen molar-refractivity contribution in [2.45, 2.75) is 45.7 Å².